The van der Waals surface area contributed by atoms with Gasteiger partial charge in [0.15, 0.2) is 0 Å². The fraction of sp³-hybridized carbons (Fsp3) is 1.00. The van der Waals surface area contributed by atoms with Crippen LogP contribution in [0.25, 0.3) is 0 Å². The lowest BCUT2D eigenvalue weighted by molar-refractivity contribution is 0.224. The minimum Gasteiger partial charge on any atom is -0.193 e. The van der Waals surface area contributed by atoms with Gasteiger partial charge in [-0.3, -0.25) is 0 Å². The van der Waals surface area contributed by atoms with Crippen LogP contribution in [0.5, 0.6) is 0 Å². The number of hydrogen-bond acceptors (Lipinski definition) is 3. The Hall–Kier alpha value is 0.310. The molecular weight excluding hydrogens is 343 g/mol. The molecule has 2 N–H and O–H groups in total. The molecule has 0 fully saturated rings. The maximum Gasteiger partial charge on any atom is 0.406 e. The molecule has 0 aromatic rings. The summed E-state index contributed by atoms with van der Waals surface area (Å²) in [6.07, 6.45) is 23.7. The van der Waals surface area contributed by atoms with Crippen LogP contribution >= 0.6 is 7.94 Å². The van der Waals surface area contributed by atoms with Crippen LogP contribution in [0.15, 0.2) is 0 Å². The molecule has 0 spiro atoms. The smallest absolute Gasteiger partial charge is 0.193 e. The summed E-state index contributed by atoms with van der Waals surface area (Å²) in [6, 6.07) is 0. The maximum absolute atomic E-state index is 9.80. The lowest BCUT2D eigenvalue weighted by Gasteiger charge is -2.10. The van der Waals surface area contributed by atoms with Gasteiger partial charge in [-0.2, -0.15) is 14.3 Å². The van der Waals surface area contributed by atoms with Crippen LogP contribution in [-0.4, -0.2) is 22.6 Å². The Morgan fingerprint density at radius 3 is 1.23 bits per heavy atom. The summed E-state index contributed by atoms with van der Waals surface area (Å²) >= 11 is 0. The van der Waals surface area contributed by atoms with Crippen molar-refractivity contribution in [1.82, 2.24) is 0 Å². The van der Waals surface area contributed by atoms with Gasteiger partial charge in [0.05, 0.1) is 6.61 Å². The third kappa shape index (κ3) is 20.6. The van der Waals surface area contributed by atoms with Gasteiger partial charge in [0.2, 0.25) is 0 Å². The molecular formula is C22H48O3P+. The van der Waals surface area contributed by atoms with Crippen molar-refractivity contribution in [1.29, 1.82) is 0 Å². The zero-order valence-electron chi connectivity index (χ0n) is 17.9. The molecule has 158 valence electrons. The van der Waals surface area contributed by atoms with Crippen molar-refractivity contribution in [2.75, 3.05) is 12.8 Å². The molecule has 4 heteroatoms. The SMILES string of the molecule is CCCCCCCCCCCCCCCCCC[P+](O)(O)OCCCC. The Kier molecular flexibility index (Phi) is 20.3. The van der Waals surface area contributed by atoms with Gasteiger partial charge >= 0.3 is 7.94 Å². The van der Waals surface area contributed by atoms with Crippen LogP contribution in [0.3, 0.4) is 0 Å². The zero-order valence-corrected chi connectivity index (χ0v) is 18.8. The molecule has 26 heavy (non-hydrogen) atoms. The van der Waals surface area contributed by atoms with E-state index in [9.17, 15) is 9.79 Å². The van der Waals surface area contributed by atoms with E-state index in [0.717, 1.165) is 25.7 Å². The Bertz CT molecular complexity index is 272. The highest BCUT2D eigenvalue weighted by molar-refractivity contribution is 7.59. The largest absolute Gasteiger partial charge is 0.406 e. The Morgan fingerprint density at radius 1 is 0.500 bits per heavy atom. The van der Waals surface area contributed by atoms with Crippen molar-refractivity contribution >= 4 is 7.94 Å². The molecule has 3 nitrogen and oxygen atoms in total. The highest BCUT2D eigenvalue weighted by atomic mass is 31.2. The number of hydrogen-bond donors (Lipinski definition) is 2. The minimum absolute atomic E-state index is 0.440. The van der Waals surface area contributed by atoms with Crippen molar-refractivity contribution in [3.05, 3.63) is 0 Å². The average Bonchev–Trinajstić information content (AvgIpc) is 2.61. The van der Waals surface area contributed by atoms with Crippen LogP contribution < -0.4 is 0 Å². The lowest BCUT2D eigenvalue weighted by Crippen LogP contribution is -2.03. The predicted octanol–water partition coefficient (Wildman–Crippen LogP) is 7.81. The van der Waals surface area contributed by atoms with Crippen LogP contribution in [0.1, 0.15) is 129 Å². The first-order valence-electron chi connectivity index (χ1n) is 11.6. The van der Waals surface area contributed by atoms with Gasteiger partial charge in [-0.25, -0.2) is 0 Å². The molecule has 0 aliphatic rings. The Labute approximate surface area is 164 Å². The number of rotatable bonds is 21. The van der Waals surface area contributed by atoms with Crippen LogP contribution in [0.2, 0.25) is 0 Å². The summed E-state index contributed by atoms with van der Waals surface area (Å²) in [7, 11) is -3.06. The number of unbranched alkanes of at least 4 members (excludes halogenated alkanes) is 16. The van der Waals surface area contributed by atoms with Gasteiger partial charge < -0.3 is 0 Å². The quantitative estimate of drug-likeness (QED) is 0.155. The van der Waals surface area contributed by atoms with Crippen molar-refractivity contribution in [2.45, 2.75) is 129 Å². The molecule has 0 heterocycles. The summed E-state index contributed by atoms with van der Waals surface area (Å²) in [6.45, 7) is 4.84. The molecule has 0 bridgehead atoms. The van der Waals surface area contributed by atoms with E-state index in [1.165, 1.54) is 89.9 Å². The maximum atomic E-state index is 9.80. The second-order valence-corrected chi connectivity index (χ2v) is 9.91. The molecule has 0 rings (SSSR count). The van der Waals surface area contributed by atoms with E-state index in [-0.39, 0.29) is 0 Å². The highest BCUT2D eigenvalue weighted by Gasteiger charge is 2.34. The van der Waals surface area contributed by atoms with Crippen molar-refractivity contribution in [3.8, 4) is 0 Å². The van der Waals surface area contributed by atoms with Gasteiger partial charge in [0, 0.05) is 0 Å². The fourth-order valence-electron chi connectivity index (χ4n) is 3.29. The van der Waals surface area contributed by atoms with E-state index in [0.29, 0.717) is 12.8 Å². The normalized spacial score (nSPS) is 12.0. The molecule has 0 saturated carbocycles. The first-order chi connectivity index (χ1) is 12.6. The molecule has 0 radical (unpaired) electrons. The van der Waals surface area contributed by atoms with Gasteiger partial charge in [0.1, 0.15) is 6.16 Å². The second-order valence-electron chi connectivity index (χ2n) is 7.88. The zero-order chi connectivity index (χ0) is 19.3. The van der Waals surface area contributed by atoms with E-state index in [2.05, 4.69) is 13.8 Å². The monoisotopic (exact) mass is 391 g/mol. The summed E-state index contributed by atoms with van der Waals surface area (Å²) in [5.41, 5.74) is 0. The van der Waals surface area contributed by atoms with E-state index < -0.39 is 7.94 Å². The lowest BCUT2D eigenvalue weighted by atomic mass is 10.0. The molecule has 0 atom stereocenters. The summed E-state index contributed by atoms with van der Waals surface area (Å²) in [4.78, 5) is 19.6. The molecule has 0 aromatic carbocycles. The highest BCUT2D eigenvalue weighted by Crippen LogP contribution is 2.51. The van der Waals surface area contributed by atoms with E-state index in [4.69, 9.17) is 4.52 Å². The van der Waals surface area contributed by atoms with Gasteiger partial charge in [-0.1, -0.05) is 110 Å². The average molecular weight is 392 g/mol. The van der Waals surface area contributed by atoms with Crippen LogP contribution in [-0.2, 0) is 4.52 Å². The van der Waals surface area contributed by atoms with E-state index >= 15 is 0 Å². The molecule has 0 aliphatic carbocycles. The van der Waals surface area contributed by atoms with Crippen molar-refractivity contribution in [3.63, 3.8) is 0 Å². The van der Waals surface area contributed by atoms with Crippen LogP contribution in [0, 0.1) is 0 Å². The Morgan fingerprint density at radius 2 is 0.846 bits per heavy atom. The summed E-state index contributed by atoms with van der Waals surface area (Å²) in [5, 5.41) is 0. The summed E-state index contributed by atoms with van der Waals surface area (Å²) < 4.78 is 5.22. The Balaban J connectivity index is 3.17. The first kappa shape index (κ1) is 26.3. The van der Waals surface area contributed by atoms with Gasteiger partial charge in [-0.05, 0) is 19.3 Å². The molecule has 0 aliphatic heterocycles. The second kappa shape index (κ2) is 20.1. The third-order valence-electron chi connectivity index (χ3n) is 5.10. The van der Waals surface area contributed by atoms with E-state index in [1.54, 1.807) is 0 Å². The fourth-order valence-corrected chi connectivity index (χ4v) is 4.47. The van der Waals surface area contributed by atoms with Crippen molar-refractivity contribution in [2.24, 2.45) is 0 Å². The minimum atomic E-state index is -3.06. The standard InChI is InChI=1S/C22H48O3P/c1-3-5-7-8-9-10-11-12-13-14-15-16-17-18-19-20-22-26(23,24)25-21-6-4-2/h23-24H,3-22H2,1-2H3/q+1. The van der Waals surface area contributed by atoms with Crippen LogP contribution in [0.4, 0.5) is 0 Å². The molecule has 0 unspecified atom stereocenters. The third-order valence-corrected chi connectivity index (χ3v) is 6.59. The van der Waals surface area contributed by atoms with Gasteiger partial charge in [0.25, 0.3) is 0 Å². The summed E-state index contributed by atoms with van der Waals surface area (Å²) in [5.74, 6) is 0. The molecule has 0 amide bonds. The topological polar surface area (TPSA) is 49.7 Å². The first-order valence-corrected chi connectivity index (χ1v) is 13.4. The van der Waals surface area contributed by atoms with Gasteiger partial charge in [-0.15, -0.1) is 0 Å². The van der Waals surface area contributed by atoms with Crippen molar-refractivity contribution < 1.29 is 14.3 Å². The molecule has 0 saturated heterocycles. The molecule has 0 aromatic heterocycles. The predicted molar refractivity (Wildman–Crippen MR) is 117 cm³/mol. The van der Waals surface area contributed by atoms with E-state index in [1.807, 2.05) is 0 Å².